The molecule has 5 heteroatoms. The number of carbonyl (C=O) groups excluding carboxylic acids is 1. The quantitative estimate of drug-likeness (QED) is 0.916. The number of carbonyl (C=O) groups is 1. The number of ether oxygens (including phenoxy) is 2. The molecule has 0 spiro atoms. The molecule has 1 fully saturated rings. The highest BCUT2D eigenvalue weighted by atomic mass is 16.5. The van der Waals surface area contributed by atoms with Crippen LogP contribution in [-0.2, 0) is 16.8 Å². The zero-order chi connectivity index (χ0) is 15.2. The molecule has 1 N–H and O–H groups in total. The molecule has 0 saturated carbocycles. The Morgan fingerprint density at radius 1 is 1.33 bits per heavy atom. The molecule has 0 bridgehead atoms. The van der Waals surface area contributed by atoms with Crippen LogP contribution in [0.4, 0.5) is 0 Å². The maximum Gasteiger partial charge on any atom is 0.223 e. The number of nitrogens with zero attached hydrogens (tertiary/aromatic N) is 1. The minimum atomic E-state index is -0.363. The first-order chi connectivity index (χ1) is 10.0. The van der Waals surface area contributed by atoms with Crippen molar-refractivity contribution in [1.29, 1.82) is 0 Å². The van der Waals surface area contributed by atoms with E-state index in [-0.39, 0.29) is 24.1 Å². The van der Waals surface area contributed by atoms with Gasteiger partial charge in [-0.05, 0) is 43.0 Å². The van der Waals surface area contributed by atoms with Crippen molar-refractivity contribution in [1.82, 2.24) is 4.90 Å². The fraction of sp³-hybridized carbons (Fsp3) is 0.562. The van der Waals surface area contributed by atoms with Gasteiger partial charge in [0.1, 0.15) is 0 Å². The van der Waals surface area contributed by atoms with Gasteiger partial charge >= 0.3 is 0 Å². The smallest absolute Gasteiger partial charge is 0.223 e. The lowest BCUT2D eigenvalue weighted by Gasteiger charge is -2.46. The molecule has 1 aromatic rings. The van der Waals surface area contributed by atoms with Gasteiger partial charge in [0.2, 0.25) is 5.91 Å². The summed E-state index contributed by atoms with van der Waals surface area (Å²) in [6, 6.07) is 3.80. The van der Waals surface area contributed by atoms with E-state index < -0.39 is 0 Å². The Hall–Kier alpha value is -1.75. The number of aliphatic hydroxyl groups is 1. The van der Waals surface area contributed by atoms with Crippen LogP contribution in [0, 0.1) is 0 Å². The summed E-state index contributed by atoms with van der Waals surface area (Å²) in [4.78, 5) is 14.1. The van der Waals surface area contributed by atoms with E-state index in [0.29, 0.717) is 24.3 Å². The Morgan fingerprint density at radius 3 is 2.62 bits per heavy atom. The van der Waals surface area contributed by atoms with E-state index in [0.717, 1.165) is 17.5 Å². The van der Waals surface area contributed by atoms with Gasteiger partial charge in [-0.2, -0.15) is 0 Å². The topological polar surface area (TPSA) is 59.0 Å². The van der Waals surface area contributed by atoms with Crippen LogP contribution >= 0.6 is 0 Å². The van der Waals surface area contributed by atoms with Gasteiger partial charge in [0.25, 0.3) is 0 Å². The Balaban J connectivity index is 2.17. The normalized spacial score (nSPS) is 27.3. The third-order valence-corrected chi connectivity index (χ3v) is 4.85. The molecule has 1 amide bonds. The zero-order valence-corrected chi connectivity index (χ0v) is 12.7. The first kappa shape index (κ1) is 14.2. The molecule has 0 aromatic heterocycles. The summed E-state index contributed by atoms with van der Waals surface area (Å²) in [5.41, 5.74) is 1.87. The molecule has 21 heavy (non-hydrogen) atoms. The van der Waals surface area contributed by atoms with Gasteiger partial charge in [-0.15, -0.1) is 0 Å². The summed E-state index contributed by atoms with van der Waals surface area (Å²) in [6.45, 7) is 2.06. The fourth-order valence-electron chi connectivity index (χ4n) is 3.82. The molecule has 1 saturated heterocycles. The lowest BCUT2D eigenvalue weighted by molar-refractivity contribution is -0.136. The average molecular weight is 291 g/mol. The summed E-state index contributed by atoms with van der Waals surface area (Å²) in [6.07, 6.45) is 1.94. The monoisotopic (exact) mass is 291 g/mol. The Labute approximate surface area is 124 Å². The molecule has 114 valence electrons. The molecule has 2 aliphatic heterocycles. The number of hydrogen-bond donors (Lipinski definition) is 1. The van der Waals surface area contributed by atoms with Gasteiger partial charge in [0.05, 0.1) is 32.4 Å². The lowest BCUT2D eigenvalue weighted by Crippen LogP contribution is -2.53. The van der Waals surface area contributed by atoms with Crippen molar-refractivity contribution in [3.63, 3.8) is 0 Å². The van der Waals surface area contributed by atoms with E-state index in [4.69, 9.17) is 9.47 Å². The number of benzene rings is 1. The second-order valence-corrected chi connectivity index (χ2v) is 5.94. The summed E-state index contributed by atoms with van der Waals surface area (Å²) in [5.74, 6) is 1.49. The minimum absolute atomic E-state index is 0.0187. The highest BCUT2D eigenvalue weighted by Gasteiger charge is 2.50. The number of amides is 1. The first-order valence-corrected chi connectivity index (χ1v) is 7.23. The second-order valence-electron chi connectivity index (χ2n) is 5.94. The van der Waals surface area contributed by atoms with E-state index in [1.165, 1.54) is 0 Å². The van der Waals surface area contributed by atoms with Crippen LogP contribution in [-0.4, -0.2) is 42.8 Å². The van der Waals surface area contributed by atoms with Gasteiger partial charge < -0.3 is 19.5 Å². The van der Waals surface area contributed by atoms with Gasteiger partial charge in [-0.1, -0.05) is 0 Å². The summed E-state index contributed by atoms with van der Waals surface area (Å²) in [5, 5.41) is 9.67. The van der Waals surface area contributed by atoms with E-state index >= 15 is 0 Å². The van der Waals surface area contributed by atoms with Crippen LogP contribution in [0.25, 0.3) is 0 Å². The summed E-state index contributed by atoms with van der Waals surface area (Å²) in [7, 11) is 3.23. The van der Waals surface area contributed by atoms with Crippen LogP contribution in [0.15, 0.2) is 12.1 Å². The number of hydrogen-bond acceptors (Lipinski definition) is 4. The van der Waals surface area contributed by atoms with Crippen LogP contribution in [0.5, 0.6) is 11.5 Å². The SMILES string of the molecule is COc1cc2c(cc1OC)[C@]1(C)CCC(=O)N1[C@H](CO)C2. The molecule has 0 unspecified atom stereocenters. The predicted octanol–water partition coefficient (Wildman–Crippen LogP) is 1.46. The van der Waals surface area contributed by atoms with E-state index in [1.807, 2.05) is 17.0 Å². The molecule has 2 heterocycles. The third-order valence-electron chi connectivity index (χ3n) is 4.85. The highest BCUT2D eigenvalue weighted by Crippen LogP contribution is 2.48. The Bertz CT molecular complexity index is 586. The number of rotatable bonds is 3. The first-order valence-electron chi connectivity index (χ1n) is 7.23. The Kier molecular flexibility index (Phi) is 3.32. The zero-order valence-electron chi connectivity index (χ0n) is 12.7. The maximum atomic E-state index is 12.2. The van der Waals surface area contributed by atoms with Crippen molar-refractivity contribution in [3.05, 3.63) is 23.3 Å². The molecule has 3 rings (SSSR count). The van der Waals surface area contributed by atoms with Crippen molar-refractivity contribution >= 4 is 5.91 Å². The number of aliphatic hydroxyl groups excluding tert-OH is 1. The second kappa shape index (κ2) is 4.91. The van der Waals surface area contributed by atoms with Crippen LogP contribution in [0.3, 0.4) is 0 Å². The van der Waals surface area contributed by atoms with Crippen molar-refractivity contribution in [2.45, 2.75) is 37.8 Å². The van der Waals surface area contributed by atoms with Crippen molar-refractivity contribution in [2.75, 3.05) is 20.8 Å². The van der Waals surface area contributed by atoms with Gasteiger partial charge in [-0.3, -0.25) is 4.79 Å². The van der Waals surface area contributed by atoms with Crippen LogP contribution < -0.4 is 9.47 Å². The largest absolute Gasteiger partial charge is 0.493 e. The number of methoxy groups -OCH3 is 2. The van der Waals surface area contributed by atoms with Gasteiger partial charge in [0, 0.05) is 6.42 Å². The summed E-state index contributed by atoms with van der Waals surface area (Å²) >= 11 is 0. The van der Waals surface area contributed by atoms with Crippen LogP contribution in [0.2, 0.25) is 0 Å². The number of fused-ring (bicyclic) bond motifs is 3. The van der Waals surface area contributed by atoms with Crippen molar-refractivity contribution < 1.29 is 19.4 Å². The standard InChI is InChI=1S/C16H21NO4/c1-16-5-4-15(19)17(16)11(9-18)6-10-7-13(20-2)14(21-3)8-12(10)16/h7-8,11,18H,4-6,9H2,1-3H3/t11-,16-/m0/s1. The van der Waals surface area contributed by atoms with Gasteiger partial charge in [0.15, 0.2) is 11.5 Å². The van der Waals surface area contributed by atoms with Crippen LogP contribution in [0.1, 0.15) is 30.9 Å². The van der Waals surface area contributed by atoms with E-state index in [1.54, 1.807) is 14.2 Å². The highest BCUT2D eigenvalue weighted by molar-refractivity contribution is 5.81. The van der Waals surface area contributed by atoms with Gasteiger partial charge in [-0.25, -0.2) is 0 Å². The molecule has 0 radical (unpaired) electrons. The van der Waals surface area contributed by atoms with Crippen molar-refractivity contribution in [3.8, 4) is 11.5 Å². The molecular formula is C16H21NO4. The fourth-order valence-corrected chi connectivity index (χ4v) is 3.82. The average Bonchev–Trinajstić information content (AvgIpc) is 2.81. The molecule has 1 aromatic carbocycles. The predicted molar refractivity (Wildman–Crippen MR) is 77.6 cm³/mol. The lowest BCUT2D eigenvalue weighted by atomic mass is 9.79. The minimum Gasteiger partial charge on any atom is -0.493 e. The van der Waals surface area contributed by atoms with Crippen molar-refractivity contribution in [2.24, 2.45) is 0 Å². The summed E-state index contributed by atoms with van der Waals surface area (Å²) < 4.78 is 10.8. The third kappa shape index (κ3) is 1.91. The maximum absolute atomic E-state index is 12.2. The molecule has 2 atom stereocenters. The molecule has 0 aliphatic carbocycles. The molecule has 2 aliphatic rings. The van der Waals surface area contributed by atoms with E-state index in [2.05, 4.69) is 6.92 Å². The molecular weight excluding hydrogens is 270 g/mol. The van der Waals surface area contributed by atoms with E-state index in [9.17, 15) is 9.90 Å². The molecule has 5 nitrogen and oxygen atoms in total. The Morgan fingerprint density at radius 2 is 2.00 bits per heavy atom.